The van der Waals surface area contributed by atoms with Crippen LogP contribution in [-0.4, -0.2) is 38.2 Å². The van der Waals surface area contributed by atoms with E-state index in [4.69, 9.17) is 0 Å². The van der Waals surface area contributed by atoms with E-state index in [1.165, 1.54) is 23.8 Å². The van der Waals surface area contributed by atoms with Crippen LogP contribution in [0.15, 0.2) is 54.7 Å². The molecule has 0 spiro atoms. The Morgan fingerprint density at radius 3 is 2.52 bits per heavy atom. The fourth-order valence-corrected chi connectivity index (χ4v) is 5.55. The normalized spacial score (nSPS) is 14.2. The fraction of sp³-hybridized carbons (Fsp3) is 0.304. The first-order chi connectivity index (χ1) is 15.9. The van der Waals surface area contributed by atoms with E-state index in [0.29, 0.717) is 17.7 Å². The van der Waals surface area contributed by atoms with Crippen molar-refractivity contribution >= 4 is 43.8 Å². The molecule has 2 N–H and O–H groups in total. The molecule has 10 heteroatoms. The molecule has 174 valence electrons. The molecule has 2 aromatic carbocycles. The Morgan fingerprint density at radius 2 is 1.79 bits per heavy atom. The second-order valence-electron chi connectivity index (χ2n) is 7.90. The summed E-state index contributed by atoms with van der Waals surface area (Å²) in [7, 11) is -3.89. The first-order valence-electron chi connectivity index (χ1n) is 10.7. The number of sulfonamides is 1. The third-order valence-electron chi connectivity index (χ3n) is 5.31. The summed E-state index contributed by atoms with van der Waals surface area (Å²) in [5.74, 6) is -1.74. The van der Waals surface area contributed by atoms with Gasteiger partial charge < -0.3 is 10.2 Å². The smallest absolute Gasteiger partial charge is 0.243 e. The standard InChI is InChI=1S/C23H25FN4O3S2/c24-21-7-3-2-6-17(21)14-20-15-25-23(32-20)26-22(29)16-33(30,31)27-18-8-10-19(11-9-18)28-12-4-1-5-13-28/h2-3,6-11,15,27H,1,4-5,12-14,16H2,(H,25,26,29). The molecule has 7 nitrogen and oxygen atoms in total. The van der Waals surface area contributed by atoms with Crippen LogP contribution in [0.25, 0.3) is 0 Å². The number of hydrogen-bond acceptors (Lipinski definition) is 6. The predicted molar refractivity (Wildman–Crippen MR) is 130 cm³/mol. The van der Waals surface area contributed by atoms with Crippen LogP contribution in [0.1, 0.15) is 29.7 Å². The Balaban J connectivity index is 1.30. The van der Waals surface area contributed by atoms with Crippen molar-refractivity contribution < 1.29 is 17.6 Å². The van der Waals surface area contributed by atoms with Crippen LogP contribution in [-0.2, 0) is 21.2 Å². The Kier molecular flexibility index (Phi) is 7.24. The second-order valence-corrected chi connectivity index (χ2v) is 10.7. The maximum absolute atomic E-state index is 13.8. The van der Waals surface area contributed by atoms with Crippen molar-refractivity contribution in [2.45, 2.75) is 25.7 Å². The van der Waals surface area contributed by atoms with Gasteiger partial charge in [0, 0.05) is 42.0 Å². The molecular weight excluding hydrogens is 463 g/mol. The van der Waals surface area contributed by atoms with E-state index in [0.717, 1.165) is 36.5 Å². The molecule has 0 bridgehead atoms. The first kappa shape index (κ1) is 23.2. The molecule has 0 aliphatic carbocycles. The lowest BCUT2D eigenvalue weighted by Gasteiger charge is -2.28. The average Bonchev–Trinajstić information content (AvgIpc) is 3.22. The van der Waals surface area contributed by atoms with Gasteiger partial charge in [0.05, 0.1) is 0 Å². The summed E-state index contributed by atoms with van der Waals surface area (Å²) in [5, 5.41) is 2.78. The number of thiazole rings is 1. The van der Waals surface area contributed by atoms with Crippen molar-refractivity contribution in [1.82, 2.24) is 4.98 Å². The third kappa shape index (κ3) is 6.52. The maximum Gasteiger partial charge on any atom is 0.243 e. The average molecular weight is 489 g/mol. The van der Waals surface area contributed by atoms with Crippen molar-refractivity contribution in [3.05, 3.63) is 71.0 Å². The number of anilines is 3. The Hall–Kier alpha value is -2.98. The lowest BCUT2D eigenvalue weighted by Crippen LogP contribution is -2.29. The first-order valence-corrected chi connectivity index (χ1v) is 13.2. The summed E-state index contributed by atoms with van der Waals surface area (Å²) in [6.45, 7) is 2.01. The van der Waals surface area contributed by atoms with Crippen molar-refractivity contribution in [2.24, 2.45) is 0 Å². The highest BCUT2D eigenvalue weighted by Crippen LogP contribution is 2.24. The van der Waals surface area contributed by atoms with E-state index >= 15 is 0 Å². The summed E-state index contributed by atoms with van der Waals surface area (Å²) in [6, 6.07) is 13.6. The summed E-state index contributed by atoms with van der Waals surface area (Å²) in [6.07, 6.45) is 5.45. The predicted octanol–water partition coefficient (Wildman–Crippen LogP) is 4.24. The van der Waals surface area contributed by atoms with Crippen LogP contribution in [0.5, 0.6) is 0 Å². The van der Waals surface area contributed by atoms with Gasteiger partial charge >= 0.3 is 0 Å². The van der Waals surface area contributed by atoms with Crippen molar-refractivity contribution in [3.8, 4) is 0 Å². The molecular formula is C23H25FN4O3S2. The largest absolute Gasteiger partial charge is 0.372 e. The Labute approximate surface area is 196 Å². The molecule has 0 unspecified atom stereocenters. The number of carbonyl (C=O) groups is 1. The molecule has 0 saturated carbocycles. The monoisotopic (exact) mass is 488 g/mol. The molecule has 3 aromatic rings. The third-order valence-corrected chi connectivity index (χ3v) is 7.41. The van der Waals surface area contributed by atoms with E-state index in [1.54, 1.807) is 36.5 Å². The van der Waals surface area contributed by atoms with Crippen molar-refractivity contribution in [2.75, 3.05) is 33.8 Å². The summed E-state index contributed by atoms with van der Waals surface area (Å²) < 4.78 is 41.1. The zero-order chi connectivity index (χ0) is 23.3. The van der Waals surface area contributed by atoms with Crippen LogP contribution in [0.4, 0.5) is 20.9 Å². The van der Waals surface area contributed by atoms with Crippen LogP contribution < -0.4 is 14.9 Å². The number of carbonyl (C=O) groups excluding carboxylic acids is 1. The van der Waals surface area contributed by atoms with Gasteiger partial charge in [0.25, 0.3) is 0 Å². The Bertz CT molecular complexity index is 1210. The zero-order valence-corrected chi connectivity index (χ0v) is 19.6. The van der Waals surface area contributed by atoms with Crippen LogP contribution in [0, 0.1) is 5.82 Å². The fourth-order valence-electron chi connectivity index (χ4n) is 3.71. The molecule has 1 aliphatic rings. The van der Waals surface area contributed by atoms with Crippen LogP contribution >= 0.6 is 11.3 Å². The van der Waals surface area contributed by atoms with Gasteiger partial charge in [0.15, 0.2) is 5.13 Å². The highest BCUT2D eigenvalue weighted by molar-refractivity contribution is 7.93. The Morgan fingerprint density at radius 1 is 1.06 bits per heavy atom. The topological polar surface area (TPSA) is 91.4 Å². The van der Waals surface area contributed by atoms with Gasteiger partial charge in [-0.2, -0.15) is 0 Å². The molecule has 2 heterocycles. The highest BCUT2D eigenvalue weighted by Gasteiger charge is 2.18. The van der Waals surface area contributed by atoms with E-state index in [9.17, 15) is 17.6 Å². The molecule has 4 rings (SSSR count). The number of piperidine rings is 1. The molecule has 1 aliphatic heterocycles. The van der Waals surface area contributed by atoms with E-state index in [-0.39, 0.29) is 10.9 Å². The minimum Gasteiger partial charge on any atom is -0.372 e. The maximum atomic E-state index is 13.8. The van der Waals surface area contributed by atoms with Gasteiger partial charge in [-0.25, -0.2) is 17.8 Å². The molecule has 1 amide bonds. The van der Waals surface area contributed by atoms with Gasteiger partial charge in [-0.15, -0.1) is 11.3 Å². The number of aromatic nitrogens is 1. The molecule has 1 fully saturated rings. The van der Waals surface area contributed by atoms with Gasteiger partial charge in [-0.3, -0.25) is 9.52 Å². The van der Waals surface area contributed by atoms with Gasteiger partial charge in [-0.1, -0.05) is 18.2 Å². The minimum absolute atomic E-state index is 0.271. The van der Waals surface area contributed by atoms with E-state index in [2.05, 4.69) is 19.9 Å². The minimum atomic E-state index is -3.89. The van der Waals surface area contributed by atoms with Gasteiger partial charge in [-0.05, 0) is 55.2 Å². The number of benzene rings is 2. The number of hydrogen-bond donors (Lipinski definition) is 2. The molecule has 0 radical (unpaired) electrons. The highest BCUT2D eigenvalue weighted by atomic mass is 32.2. The number of halogens is 1. The van der Waals surface area contributed by atoms with Crippen molar-refractivity contribution in [3.63, 3.8) is 0 Å². The lowest BCUT2D eigenvalue weighted by molar-refractivity contribution is -0.113. The van der Waals surface area contributed by atoms with Gasteiger partial charge in [0.2, 0.25) is 15.9 Å². The number of nitrogens with zero attached hydrogens (tertiary/aromatic N) is 2. The molecule has 0 atom stereocenters. The molecule has 1 saturated heterocycles. The molecule has 33 heavy (non-hydrogen) atoms. The summed E-state index contributed by atoms with van der Waals surface area (Å²) >= 11 is 1.18. The zero-order valence-electron chi connectivity index (χ0n) is 18.0. The van der Waals surface area contributed by atoms with E-state index in [1.807, 2.05) is 12.1 Å². The quantitative estimate of drug-likeness (QED) is 0.495. The number of nitrogens with one attached hydrogen (secondary N) is 2. The summed E-state index contributed by atoms with van der Waals surface area (Å²) in [5.41, 5.74) is 1.99. The number of rotatable bonds is 8. The second kappa shape index (κ2) is 10.3. The SMILES string of the molecule is O=C(CS(=O)(=O)Nc1ccc(N2CCCCC2)cc1)Nc1ncc(Cc2ccccc2F)s1. The summed E-state index contributed by atoms with van der Waals surface area (Å²) in [4.78, 5) is 19.4. The van der Waals surface area contributed by atoms with Crippen LogP contribution in [0.3, 0.4) is 0 Å². The molecule has 1 aromatic heterocycles. The number of amides is 1. The van der Waals surface area contributed by atoms with E-state index < -0.39 is 21.7 Å². The van der Waals surface area contributed by atoms with Gasteiger partial charge in [0.1, 0.15) is 11.6 Å². The van der Waals surface area contributed by atoms with Crippen LogP contribution in [0.2, 0.25) is 0 Å². The van der Waals surface area contributed by atoms with Crippen molar-refractivity contribution in [1.29, 1.82) is 0 Å². The lowest BCUT2D eigenvalue weighted by atomic mass is 10.1.